The van der Waals surface area contributed by atoms with Gasteiger partial charge in [-0.2, -0.15) is 0 Å². The molecule has 0 saturated heterocycles. The lowest BCUT2D eigenvalue weighted by Crippen LogP contribution is -2.38. The van der Waals surface area contributed by atoms with E-state index in [0.29, 0.717) is 18.7 Å². The van der Waals surface area contributed by atoms with E-state index in [0.717, 1.165) is 18.7 Å². The number of hydrogen-bond acceptors (Lipinski definition) is 5. The Morgan fingerprint density at radius 1 is 1.35 bits per heavy atom. The second-order valence-corrected chi connectivity index (χ2v) is 5.74. The highest BCUT2D eigenvalue weighted by atomic mass is 19.1. The molecule has 2 heterocycles. The zero-order valence-electron chi connectivity index (χ0n) is 12.9. The zero-order chi connectivity index (χ0) is 16.1. The van der Waals surface area contributed by atoms with Crippen molar-refractivity contribution < 1.29 is 14.2 Å². The molecule has 0 fully saturated rings. The van der Waals surface area contributed by atoms with Gasteiger partial charge in [-0.3, -0.25) is 4.90 Å². The average molecular weight is 317 g/mol. The van der Waals surface area contributed by atoms with Gasteiger partial charge in [0.2, 0.25) is 0 Å². The summed E-state index contributed by atoms with van der Waals surface area (Å²) in [5, 5.41) is 10.1. The van der Waals surface area contributed by atoms with E-state index in [1.165, 1.54) is 11.6 Å². The fraction of sp³-hybridized carbons (Fsp3) is 0.412. The average Bonchev–Trinajstić information content (AvgIpc) is 2.56. The van der Waals surface area contributed by atoms with Gasteiger partial charge in [-0.1, -0.05) is 18.2 Å². The Morgan fingerprint density at radius 3 is 3.09 bits per heavy atom. The van der Waals surface area contributed by atoms with Crippen molar-refractivity contribution >= 4 is 0 Å². The number of ether oxygens (including phenoxy) is 1. The van der Waals surface area contributed by atoms with Crippen molar-refractivity contribution in [3.8, 4) is 0 Å². The molecule has 1 aromatic carbocycles. The Bertz CT molecular complexity index is 653. The van der Waals surface area contributed by atoms with Gasteiger partial charge in [-0.05, 0) is 18.1 Å². The molecule has 0 spiro atoms. The second kappa shape index (κ2) is 7.59. The van der Waals surface area contributed by atoms with E-state index in [1.54, 1.807) is 24.5 Å². The summed E-state index contributed by atoms with van der Waals surface area (Å²) >= 11 is 0. The number of aliphatic hydroxyl groups is 1. The molecule has 1 unspecified atom stereocenters. The molecule has 6 heteroatoms. The molecule has 1 aromatic heterocycles. The van der Waals surface area contributed by atoms with Crippen LogP contribution in [0.4, 0.5) is 4.39 Å². The number of hydrogen-bond donors (Lipinski definition) is 1. The van der Waals surface area contributed by atoms with Crippen molar-refractivity contribution in [1.29, 1.82) is 0 Å². The fourth-order valence-electron chi connectivity index (χ4n) is 2.73. The van der Waals surface area contributed by atoms with Crippen LogP contribution in [0.5, 0.6) is 0 Å². The van der Waals surface area contributed by atoms with Crippen LogP contribution in [-0.2, 0) is 24.3 Å². The van der Waals surface area contributed by atoms with Crippen LogP contribution in [0.2, 0.25) is 0 Å². The molecule has 1 aliphatic rings. The van der Waals surface area contributed by atoms with Gasteiger partial charge in [0.25, 0.3) is 0 Å². The van der Waals surface area contributed by atoms with Crippen molar-refractivity contribution in [2.75, 3.05) is 19.7 Å². The van der Waals surface area contributed by atoms with E-state index in [4.69, 9.17) is 4.74 Å². The number of benzene rings is 1. The summed E-state index contributed by atoms with van der Waals surface area (Å²) in [5.41, 5.74) is 2.70. The van der Waals surface area contributed by atoms with Gasteiger partial charge in [0.15, 0.2) is 0 Å². The topological polar surface area (TPSA) is 58.5 Å². The molecule has 0 saturated carbocycles. The van der Waals surface area contributed by atoms with Crippen molar-refractivity contribution in [2.45, 2.75) is 25.7 Å². The first-order chi connectivity index (χ1) is 11.2. The first-order valence-corrected chi connectivity index (χ1v) is 7.71. The van der Waals surface area contributed by atoms with Crippen LogP contribution in [0, 0.1) is 5.82 Å². The fourth-order valence-corrected chi connectivity index (χ4v) is 2.73. The SMILES string of the molecule is OC(COCc1ccccc1F)CN1CCc2cncnc2C1. The van der Waals surface area contributed by atoms with E-state index in [2.05, 4.69) is 14.9 Å². The van der Waals surface area contributed by atoms with Crippen molar-refractivity contribution in [2.24, 2.45) is 0 Å². The third kappa shape index (κ3) is 4.31. The van der Waals surface area contributed by atoms with Crippen molar-refractivity contribution in [1.82, 2.24) is 14.9 Å². The normalized spacial score (nSPS) is 16.1. The number of nitrogens with zero attached hydrogens (tertiary/aromatic N) is 3. The van der Waals surface area contributed by atoms with Gasteiger partial charge in [0, 0.05) is 31.4 Å². The van der Waals surface area contributed by atoms with Gasteiger partial charge in [-0.25, -0.2) is 14.4 Å². The molecule has 122 valence electrons. The first-order valence-electron chi connectivity index (χ1n) is 7.71. The zero-order valence-corrected chi connectivity index (χ0v) is 12.9. The van der Waals surface area contributed by atoms with Crippen LogP contribution in [0.15, 0.2) is 36.8 Å². The van der Waals surface area contributed by atoms with Crippen molar-refractivity contribution in [3.05, 3.63) is 59.4 Å². The lowest BCUT2D eigenvalue weighted by atomic mass is 10.1. The molecule has 1 N–H and O–H groups in total. The Balaban J connectivity index is 1.43. The quantitative estimate of drug-likeness (QED) is 0.876. The molecular weight excluding hydrogens is 297 g/mol. The van der Waals surface area contributed by atoms with E-state index in [1.807, 2.05) is 6.20 Å². The number of rotatable bonds is 6. The third-order valence-electron chi connectivity index (χ3n) is 3.95. The minimum atomic E-state index is -0.606. The van der Waals surface area contributed by atoms with Gasteiger partial charge < -0.3 is 9.84 Å². The molecule has 1 atom stereocenters. The van der Waals surface area contributed by atoms with Crippen LogP contribution >= 0.6 is 0 Å². The van der Waals surface area contributed by atoms with Gasteiger partial charge >= 0.3 is 0 Å². The van der Waals surface area contributed by atoms with E-state index in [9.17, 15) is 9.50 Å². The summed E-state index contributed by atoms with van der Waals surface area (Å²) in [6.45, 7) is 2.44. The summed E-state index contributed by atoms with van der Waals surface area (Å²) in [5.74, 6) is -0.283. The molecule has 2 aromatic rings. The van der Waals surface area contributed by atoms with Crippen LogP contribution < -0.4 is 0 Å². The lowest BCUT2D eigenvalue weighted by molar-refractivity contribution is 0.00675. The minimum Gasteiger partial charge on any atom is -0.389 e. The predicted molar refractivity (Wildman–Crippen MR) is 83.1 cm³/mol. The number of β-amino-alcohol motifs (C(OH)–C–C–N with tert-alkyl or cyclic N) is 1. The summed E-state index contributed by atoms with van der Waals surface area (Å²) in [7, 11) is 0. The summed E-state index contributed by atoms with van der Waals surface area (Å²) in [6, 6.07) is 6.50. The molecule has 23 heavy (non-hydrogen) atoms. The second-order valence-electron chi connectivity index (χ2n) is 5.74. The highest BCUT2D eigenvalue weighted by molar-refractivity contribution is 5.19. The Morgan fingerprint density at radius 2 is 2.22 bits per heavy atom. The van der Waals surface area contributed by atoms with Crippen molar-refractivity contribution in [3.63, 3.8) is 0 Å². The number of aromatic nitrogens is 2. The van der Waals surface area contributed by atoms with Crippen LogP contribution in [0.3, 0.4) is 0 Å². The Kier molecular flexibility index (Phi) is 5.27. The maximum atomic E-state index is 13.5. The highest BCUT2D eigenvalue weighted by Crippen LogP contribution is 2.15. The van der Waals surface area contributed by atoms with E-state index in [-0.39, 0.29) is 19.0 Å². The smallest absolute Gasteiger partial charge is 0.128 e. The number of aliphatic hydroxyl groups excluding tert-OH is 1. The van der Waals surface area contributed by atoms with Crippen LogP contribution in [0.25, 0.3) is 0 Å². The Hall–Kier alpha value is -1.89. The maximum Gasteiger partial charge on any atom is 0.128 e. The predicted octanol–water partition coefficient (Wildman–Crippen LogP) is 1.55. The standard InChI is InChI=1S/C17H20FN3O2/c18-16-4-2-1-3-14(16)10-23-11-15(22)8-21-6-5-13-7-19-12-20-17(13)9-21/h1-4,7,12,15,22H,5-6,8-11H2. The number of fused-ring (bicyclic) bond motifs is 1. The third-order valence-corrected chi connectivity index (χ3v) is 3.95. The van der Waals surface area contributed by atoms with E-state index >= 15 is 0 Å². The largest absolute Gasteiger partial charge is 0.389 e. The van der Waals surface area contributed by atoms with Gasteiger partial charge in [0.05, 0.1) is 25.0 Å². The lowest BCUT2D eigenvalue weighted by Gasteiger charge is -2.29. The van der Waals surface area contributed by atoms with Gasteiger partial charge in [0.1, 0.15) is 12.1 Å². The highest BCUT2D eigenvalue weighted by Gasteiger charge is 2.19. The van der Waals surface area contributed by atoms with Gasteiger partial charge in [-0.15, -0.1) is 0 Å². The molecule has 5 nitrogen and oxygen atoms in total. The van der Waals surface area contributed by atoms with E-state index < -0.39 is 6.10 Å². The molecule has 0 radical (unpaired) electrons. The molecule has 3 rings (SSSR count). The molecule has 0 bridgehead atoms. The molecular formula is C17H20FN3O2. The van der Waals surface area contributed by atoms with Crippen LogP contribution in [0.1, 0.15) is 16.8 Å². The first kappa shape index (κ1) is 16.0. The Labute approximate surface area is 134 Å². The van der Waals surface area contributed by atoms with Crippen LogP contribution in [-0.4, -0.2) is 45.8 Å². The summed E-state index contributed by atoms with van der Waals surface area (Å²) in [6.07, 6.45) is 3.69. The number of halogens is 1. The minimum absolute atomic E-state index is 0.166. The summed E-state index contributed by atoms with van der Waals surface area (Å²) in [4.78, 5) is 10.5. The summed E-state index contributed by atoms with van der Waals surface area (Å²) < 4.78 is 18.9. The monoisotopic (exact) mass is 317 g/mol. The molecule has 0 amide bonds. The maximum absolute atomic E-state index is 13.5. The molecule has 0 aliphatic carbocycles. The molecule has 1 aliphatic heterocycles.